The quantitative estimate of drug-likeness (QED) is 0.689. The number of likely N-dealkylation sites (tertiary alicyclic amines) is 1. The van der Waals surface area contributed by atoms with Gasteiger partial charge in [-0.2, -0.15) is 0 Å². The Kier molecular flexibility index (Phi) is 5.42. The van der Waals surface area contributed by atoms with E-state index in [9.17, 15) is 9.59 Å². The molecule has 0 saturated carbocycles. The molecule has 1 saturated heterocycles. The lowest BCUT2D eigenvalue weighted by atomic mass is 10.1. The number of rotatable bonds is 5. The Morgan fingerprint density at radius 3 is 2.31 bits per heavy atom. The Morgan fingerprint density at radius 1 is 1.31 bits per heavy atom. The Morgan fingerprint density at radius 2 is 1.88 bits per heavy atom. The van der Waals surface area contributed by atoms with Crippen LogP contribution in [0.25, 0.3) is 0 Å². The zero-order valence-corrected chi connectivity index (χ0v) is 9.65. The molecule has 1 aliphatic rings. The lowest BCUT2D eigenvalue weighted by Crippen LogP contribution is -2.46. The topological polar surface area (TPSA) is 66.8 Å². The fraction of sp³-hybridized carbons (Fsp3) is 0.818. The van der Waals surface area contributed by atoms with Crippen LogP contribution < -0.4 is 0 Å². The number of hydrogen-bond acceptors (Lipinski definition) is 4. The molecule has 5 nitrogen and oxygen atoms in total. The van der Waals surface area contributed by atoms with Crippen molar-refractivity contribution < 1.29 is 19.4 Å². The van der Waals surface area contributed by atoms with Gasteiger partial charge in [-0.25, -0.2) is 0 Å². The van der Waals surface area contributed by atoms with Gasteiger partial charge in [0.25, 0.3) is 0 Å². The number of ether oxygens (including phenoxy) is 1. The summed E-state index contributed by atoms with van der Waals surface area (Å²) in [5.41, 5.74) is 0. The Balaban J connectivity index is 2.76. The smallest absolute Gasteiger partial charge is 0.229 e. The first kappa shape index (κ1) is 13.1. The molecule has 2 amide bonds. The van der Waals surface area contributed by atoms with E-state index in [1.807, 2.05) is 0 Å². The van der Waals surface area contributed by atoms with Crippen molar-refractivity contribution in [2.45, 2.75) is 38.1 Å². The molecule has 0 spiro atoms. The van der Waals surface area contributed by atoms with E-state index in [1.165, 1.54) is 12.0 Å². The summed E-state index contributed by atoms with van der Waals surface area (Å²) in [5, 5.41) is 8.93. The molecule has 1 unspecified atom stereocenters. The zero-order chi connectivity index (χ0) is 12.0. The molecule has 1 atom stereocenters. The number of amides is 2. The highest BCUT2D eigenvalue weighted by Crippen LogP contribution is 2.17. The monoisotopic (exact) mass is 229 g/mol. The summed E-state index contributed by atoms with van der Waals surface area (Å²) in [5.74, 6) is -0.281. The van der Waals surface area contributed by atoms with Crippen LogP contribution in [0.15, 0.2) is 0 Å². The molecule has 16 heavy (non-hydrogen) atoms. The molecule has 0 radical (unpaired) electrons. The predicted molar refractivity (Wildman–Crippen MR) is 57.7 cm³/mol. The summed E-state index contributed by atoms with van der Waals surface area (Å²) < 4.78 is 4.99. The van der Waals surface area contributed by atoms with E-state index in [1.54, 1.807) is 0 Å². The highest BCUT2D eigenvalue weighted by Gasteiger charge is 2.30. The Hall–Kier alpha value is -0.940. The van der Waals surface area contributed by atoms with Gasteiger partial charge in [0, 0.05) is 26.6 Å². The molecule has 0 aromatic rings. The third kappa shape index (κ3) is 3.28. The molecule has 0 bridgehead atoms. The van der Waals surface area contributed by atoms with Crippen LogP contribution in [0.4, 0.5) is 0 Å². The first-order chi connectivity index (χ1) is 7.70. The fourth-order valence-corrected chi connectivity index (χ4v) is 1.97. The van der Waals surface area contributed by atoms with E-state index in [4.69, 9.17) is 9.84 Å². The molecule has 1 aliphatic heterocycles. The van der Waals surface area contributed by atoms with Crippen LogP contribution in [0.2, 0.25) is 0 Å². The van der Waals surface area contributed by atoms with Crippen LogP contribution in [-0.4, -0.2) is 48.2 Å². The maximum absolute atomic E-state index is 11.8. The summed E-state index contributed by atoms with van der Waals surface area (Å²) in [6.07, 6.45) is 2.74. The van der Waals surface area contributed by atoms with Crippen molar-refractivity contribution in [1.82, 2.24) is 4.90 Å². The summed E-state index contributed by atoms with van der Waals surface area (Å²) in [4.78, 5) is 24.9. The number of nitrogens with zero attached hydrogens (tertiary/aromatic N) is 1. The molecule has 0 aromatic heterocycles. The Bertz CT molecular complexity index is 230. The Labute approximate surface area is 95.4 Å². The van der Waals surface area contributed by atoms with Gasteiger partial charge in [0.05, 0.1) is 12.6 Å². The minimum atomic E-state index is -0.326. The van der Waals surface area contributed by atoms with Gasteiger partial charge in [-0.1, -0.05) is 0 Å². The van der Waals surface area contributed by atoms with Crippen LogP contribution in [0.5, 0.6) is 0 Å². The number of aliphatic hydroxyl groups is 1. The second-order valence-electron chi connectivity index (χ2n) is 3.99. The van der Waals surface area contributed by atoms with E-state index >= 15 is 0 Å². The van der Waals surface area contributed by atoms with Gasteiger partial charge >= 0.3 is 0 Å². The van der Waals surface area contributed by atoms with Crippen LogP contribution in [0.3, 0.4) is 0 Å². The average molecular weight is 229 g/mol. The normalized spacial score (nSPS) is 19.8. The standard InChI is InChI=1S/C11H19NO4/c1-16-8-9(6-7-13)12-10(14)4-2-3-5-11(12)15/h9,13H,2-8H2,1H3. The van der Waals surface area contributed by atoms with Gasteiger partial charge in [0.2, 0.25) is 11.8 Å². The number of hydrogen-bond donors (Lipinski definition) is 1. The van der Waals surface area contributed by atoms with Crippen LogP contribution in [0, 0.1) is 0 Å². The fourth-order valence-electron chi connectivity index (χ4n) is 1.97. The summed E-state index contributed by atoms with van der Waals surface area (Å²) in [7, 11) is 1.52. The van der Waals surface area contributed by atoms with Crippen LogP contribution in [-0.2, 0) is 14.3 Å². The van der Waals surface area contributed by atoms with E-state index in [0.29, 0.717) is 19.3 Å². The average Bonchev–Trinajstić information content (AvgIpc) is 2.40. The molecule has 5 heteroatoms. The highest BCUT2D eigenvalue weighted by molar-refractivity contribution is 5.96. The van der Waals surface area contributed by atoms with E-state index < -0.39 is 0 Å². The SMILES string of the molecule is COCC(CCO)N1C(=O)CCCCC1=O. The number of methoxy groups -OCH3 is 1. The van der Waals surface area contributed by atoms with Gasteiger partial charge in [-0.15, -0.1) is 0 Å². The second-order valence-corrected chi connectivity index (χ2v) is 3.99. The zero-order valence-electron chi connectivity index (χ0n) is 9.65. The molecule has 1 N–H and O–H groups in total. The van der Waals surface area contributed by atoms with Gasteiger partial charge in [0.15, 0.2) is 0 Å². The molecule has 0 aromatic carbocycles. The maximum atomic E-state index is 11.8. The minimum Gasteiger partial charge on any atom is -0.396 e. The highest BCUT2D eigenvalue weighted by atomic mass is 16.5. The van der Waals surface area contributed by atoms with Gasteiger partial charge < -0.3 is 9.84 Å². The van der Waals surface area contributed by atoms with E-state index in [2.05, 4.69) is 0 Å². The van der Waals surface area contributed by atoms with E-state index in [0.717, 1.165) is 12.8 Å². The number of carbonyl (C=O) groups is 2. The third-order valence-corrected chi connectivity index (χ3v) is 2.76. The van der Waals surface area contributed by atoms with Crippen molar-refractivity contribution in [2.24, 2.45) is 0 Å². The lowest BCUT2D eigenvalue weighted by Gasteiger charge is -2.28. The number of carbonyl (C=O) groups excluding carboxylic acids is 2. The van der Waals surface area contributed by atoms with E-state index in [-0.39, 0.29) is 31.1 Å². The van der Waals surface area contributed by atoms with Crippen molar-refractivity contribution in [3.05, 3.63) is 0 Å². The lowest BCUT2D eigenvalue weighted by molar-refractivity contribution is -0.148. The third-order valence-electron chi connectivity index (χ3n) is 2.76. The van der Waals surface area contributed by atoms with Crippen molar-refractivity contribution >= 4 is 11.8 Å². The number of aliphatic hydroxyl groups excluding tert-OH is 1. The van der Waals surface area contributed by atoms with Gasteiger partial charge in [-0.05, 0) is 19.3 Å². The molecule has 1 rings (SSSR count). The first-order valence-electron chi connectivity index (χ1n) is 5.65. The summed E-state index contributed by atoms with van der Waals surface area (Å²) >= 11 is 0. The first-order valence-corrected chi connectivity index (χ1v) is 5.65. The molecule has 0 aliphatic carbocycles. The van der Waals surface area contributed by atoms with Crippen LogP contribution >= 0.6 is 0 Å². The van der Waals surface area contributed by atoms with Crippen molar-refractivity contribution in [3.8, 4) is 0 Å². The minimum absolute atomic E-state index is 0.0505. The molecular weight excluding hydrogens is 210 g/mol. The van der Waals surface area contributed by atoms with Crippen molar-refractivity contribution in [2.75, 3.05) is 20.3 Å². The van der Waals surface area contributed by atoms with Crippen molar-refractivity contribution in [1.29, 1.82) is 0 Å². The molecular formula is C11H19NO4. The molecule has 1 heterocycles. The predicted octanol–water partition coefficient (Wildman–Crippen LogP) is 0.313. The second kappa shape index (κ2) is 6.60. The molecule has 1 fully saturated rings. The van der Waals surface area contributed by atoms with Gasteiger partial charge in [0.1, 0.15) is 0 Å². The van der Waals surface area contributed by atoms with Crippen LogP contribution in [0.1, 0.15) is 32.1 Å². The summed E-state index contributed by atoms with van der Waals surface area (Å²) in [6, 6.07) is -0.326. The summed E-state index contributed by atoms with van der Waals surface area (Å²) in [6.45, 7) is 0.239. The van der Waals surface area contributed by atoms with Crippen molar-refractivity contribution in [3.63, 3.8) is 0 Å². The maximum Gasteiger partial charge on any atom is 0.229 e. The largest absolute Gasteiger partial charge is 0.396 e. The molecule has 92 valence electrons. The number of imide groups is 1. The van der Waals surface area contributed by atoms with Gasteiger partial charge in [-0.3, -0.25) is 14.5 Å².